The average Bonchev–Trinajstić information content (AvgIpc) is 3.42. The van der Waals surface area contributed by atoms with Gasteiger partial charge in [-0.2, -0.15) is 5.10 Å². The van der Waals surface area contributed by atoms with E-state index in [0.717, 1.165) is 46.8 Å². The Bertz CT molecular complexity index is 1000. The molecule has 1 aliphatic rings. The number of hydrogen-bond acceptors (Lipinski definition) is 5. The topological polar surface area (TPSA) is 48.1 Å². The van der Waals surface area contributed by atoms with Crippen LogP contribution in [0.2, 0.25) is 0 Å². The normalized spacial score (nSPS) is 17.3. The predicted octanol–water partition coefficient (Wildman–Crippen LogP) is 4.58. The molecule has 1 saturated heterocycles. The van der Waals surface area contributed by atoms with Crippen LogP contribution in [0.5, 0.6) is 5.75 Å². The second-order valence-corrected chi connectivity index (χ2v) is 7.64. The van der Waals surface area contributed by atoms with Crippen molar-refractivity contribution in [3.05, 3.63) is 70.3 Å². The van der Waals surface area contributed by atoms with Crippen LogP contribution in [0.4, 0.5) is 0 Å². The van der Waals surface area contributed by atoms with Gasteiger partial charge in [0.2, 0.25) is 4.80 Å². The first-order valence-corrected chi connectivity index (χ1v) is 10.9. The molecule has 0 spiro atoms. The summed E-state index contributed by atoms with van der Waals surface area (Å²) in [6, 6.07) is 18.2. The van der Waals surface area contributed by atoms with E-state index in [-0.39, 0.29) is 6.10 Å². The number of nitrogens with zero attached hydrogens (tertiary/aromatic N) is 3. The Kier molecular flexibility index (Phi) is 6.54. The van der Waals surface area contributed by atoms with Gasteiger partial charge >= 0.3 is 0 Å². The van der Waals surface area contributed by atoms with E-state index < -0.39 is 0 Å². The lowest BCUT2D eigenvalue weighted by Crippen LogP contribution is -2.17. The van der Waals surface area contributed by atoms with Crippen molar-refractivity contribution < 1.29 is 9.47 Å². The molecule has 1 fully saturated rings. The summed E-state index contributed by atoms with van der Waals surface area (Å²) in [7, 11) is 0. The maximum Gasteiger partial charge on any atom is 0.206 e. The third-order valence-corrected chi connectivity index (χ3v) is 5.58. The molecule has 5 nitrogen and oxygen atoms in total. The number of thiazole rings is 1. The molecular formula is C23H25N3O2S. The molecule has 0 unspecified atom stereocenters. The first-order chi connectivity index (χ1) is 14.3. The summed E-state index contributed by atoms with van der Waals surface area (Å²) in [5.41, 5.74) is 3.16. The monoisotopic (exact) mass is 407 g/mol. The van der Waals surface area contributed by atoms with Gasteiger partial charge in [0, 0.05) is 17.6 Å². The van der Waals surface area contributed by atoms with E-state index in [9.17, 15) is 0 Å². The highest BCUT2D eigenvalue weighted by atomic mass is 32.1. The number of benzene rings is 2. The summed E-state index contributed by atoms with van der Waals surface area (Å²) >= 11 is 1.61. The molecule has 29 heavy (non-hydrogen) atoms. The first-order valence-electron chi connectivity index (χ1n) is 9.99. The zero-order valence-corrected chi connectivity index (χ0v) is 17.3. The molecule has 1 atom stereocenters. The summed E-state index contributed by atoms with van der Waals surface area (Å²) < 4.78 is 13.2. The fraction of sp³-hybridized carbons (Fsp3) is 0.304. The third kappa shape index (κ3) is 5.02. The van der Waals surface area contributed by atoms with Crippen LogP contribution < -0.4 is 9.54 Å². The SMILES string of the molecule is CCOc1ccc(/C=N\n2c(-c3ccccc3)csc2=NC[C@@H]2CCCO2)cc1. The summed E-state index contributed by atoms with van der Waals surface area (Å²) in [6.45, 7) is 4.16. The zero-order chi connectivity index (χ0) is 19.9. The van der Waals surface area contributed by atoms with E-state index in [1.165, 1.54) is 0 Å². The van der Waals surface area contributed by atoms with Gasteiger partial charge in [0.05, 0.1) is 31.2 Å². The Morgan fingerprint density at radius 1 is 1.17 bits per heavy atom. The van der Waals surface area contributed by atoms with Gasteiger partial charge in [-0.1, -0.05) is 30.3 Å². The van der Waals surface area contributed by atoms with Crippen molar-refractivity contribution in [1.29, 1.82) is 0 Å². The second kappa shape index (κ2) is 9.67. The van der Waals surface area contributed by atoms with Crippen molar-refractivity contribution in [2.75, 3.05) is 19.8 Å². The Morgan fingerprint density at radius 2 is 2.00 bits per heavy atom. The Labute approximate surface area is 175 Å². The quantitative estimate of drug-likeness (QED) is 0.539. The van der Waals surface area contributed by atoms with Gasteiger partial charge in [-0.3, -0.25) is 4.99 Å². The van der Waals surface area contributed by atoms with Crippen molar-refractivity contribution in [3.63, 3.8) is 0 Å². The van der Waals surface area contributed by atoms with Crippen molar-refractivity contribution in [1.82, 2.24) is 4.68 Å². The predicted molar refractivity (Wildman–Crippen MR) is 118 cm³/mol. The number of hydrogen-bond donors (Lipinski definition) is 0. The minimum Gasteiger partial charge on any atom is -0.494 e. The first kappa shape index (κ1) is 19.6. The molecule has 1 aliphatic heterocycles. The maximum atomic E-state index is 5.72. The lowest BCUT2D eigenvalue weighted by molar-refractivity contribution is 0.117. The molecule has 2 aromatic carbocycles. The van der Waals surface area contributed by atoms with Crippen LogP contribution in [-0.2, 0) is 4.74 Å². The van der Waals surface area contributed by atoms with Crippen LogP contribution >= 0.6 is 11.3 Å². The van der Waals surface area contributed by atoms with E-state index in [2.05, 4.69) is 17.5 Å². The van der Waals surface area contributed by atoms with Gasteiger partial charge in [-0.15, -0.1) is 11.3 Å². The van der Waals surface area contributed by atoms with Crippen LogP contribution in [0.25, 0.3) is 11.3 Å². The standard InChI is InChI=1S/C23H25N3O2S/c1-2-27-20-12-10-18(11-13-20)15-25-26-22(19-7-4-3-5-8-19)17-29-23(26)24-16-21-9-6-14-28-21/h3-5,7-8,10-13,15,17,21H,2,6,9,14,16H2,1H3/b24-23?,25-15-/t21-/m0/s1. The zero-order valence-electron chi connectivity index (χ0n) is 16.5. The van der Waals surface area contributed by atoms with Gasteiger partial charge in [0.25, 0.3) is 0 Å². The van der Waals surface area contributed by atoms with Crippen molar-refractivity contribution in [2.24, 2.45) is 10.1 Å². The molecule has 0 N–H and O–H groups in total. The number of ether oxygens (including phenoxy) is 2. The molecule has 0 aliphatic carbocycles. The summed E-state index contributed by atoms with van der Waals surface area (Å²) in [5, 5.41) is 6.87. The van der Waals surface area contributed by atoms with E-state index >= 15 is 0 Å². The van der Waals surface area contributed by atoms with E-state index in [1.807, 2.05) is 60.3 Å². The van der Waals surface area contributed by atoms with E-state index in [0.29, 0.717) is 13.2 Å². The smallest absolute Gasteiger partial charge is 0.206 e. The molecular weight excluding hydrogens is 382 g/mol. The number of rotatable bonds is 7. The van der Waals surface area contributed by atoms with Crippen LogP contribution in [0.3, 0.4) is 0 Å². The summed E-state index contributed by atoms with van der Waals surface area (Å²) in [4.78, 5) is 5.68. The van der Waals surface area contributed by atoms with Crippen LogP contribution in [0, 0.1) is 0 Å². The van der Waals surface area contributed by atoms with Gasteiger partial charge in [-0.25, -0.2) is 4.68 Å². The lowest BCUT2D eigenvalue weighted by Gasteiger charge is -2.06. The molecule has 3 aromatic rings. The molecule has 150 valence electrons. The molecule has 6 heteroatoms. The summed E-state index contributed by atoms with van der Waals surface area (Å²) in [5.74, 6) is 0.866. The highest BCUT2D eigenvalue weighted by Crippen LogP contribution is 2.20. The third-order valence-electron chi connectivity index (χ3n) is 4.72. The highest BCUT2D eigenvalue weighted by molar-refractivity contribution is 7.07. The Hall–Kier alpha value is -2.70. The Balaban J connectivity index is 1.65. The van der Waals surface area contributed by atoms with E-state index in [1.54, 1.807) is 11.3 Å². The molecule has 0 radical (unpaired) electrons. The van der Waals surface area contributed by atoms with Crippen molar-refractivity contribution in [3.8, 4) is 17.0 Å². The van der Waals surface area contributed by atoms with Gasteiger partial charge in [0.15, 0.2) is 0 Å². The van der Waals surface area contributed by atoms with Crippen molar-refractivity contribution >= 4 is 17.6 Å². The summed E-state index contributed by atoms with van der Waals surface area (Å²) in [6.07, 6.45) is 4.28. The molecule has 2 heterocycles. The van der Waals surface area contributed by atoms with Crippen LogP contribution in [0.1, 0.15) is 25.3 Å². The van der Waals surface area contributed by atoms with Gasteiger partial charge < -0.3 is 9.47 Å². The molecule has 1 aromatic heterocycles. The maximum absolute atomic E-state index is 5.72. The molecule has 0 bridgehead atoms. The second-order valence-electron chi connectivity index (χ2n) is 6.80. The van der Waals surface area contributed by atoms with Crippen molar-refractivity contribution in [2.45, 2.75) is 25.9 Å². The molecule has 0 saturated carbocycles. The van der Waals surface area contributed by atoms with Crippen LogP contribution in [-0.4, -0.2) is 36.8 Å². The Morgan fingerprint density at radius 3 is 2.72 bits per heavy atom. The van der Waals surface area contributed by atoms with Gasteiger partial charge in [0.1, 0.15) is 5.75 Å². The fourth-order valence-corrected chi connectivity index (χ4v) is 4.08. The highest BCUT2D eigenvalue weighted by Gasteiger charge is 2.15. The minimum atomic E-state index is 0.223. The largest absolute Gasteiger partial charge is 0.494 e. The number of aromatic nitrogens is 1. The van der Waals surface area contributed by atoms with E-state index in [4.69, 9.17) is 19.6 Å². The lowest BCUT2D eigenvalue weighted by atomic mass is 10.2. The molecule has 0 amide bonds. The average molecular weight is 408 g/mol. The van der Waals surface area contributed by atoms with Gasteiger partial charge in [-0.05, 0) is 49.6 Å². The van der Waals surface area contributed by atoms with Crippen LogP contribution in [0.15, 0.2) is 70.1 Å². The molecule has 4 rings (SSSR count). The fourth-order valence-electron chi connectivity index (χ4n) is 3.24. The minimum absolute atomic E-state index is 0.223.